The zero-order valence-corrected chi connectivity index (χ0v) is 10.7. The summed E-state index contributed by atoms with van der Waals surface area (Å²) >= 11 is 0. The van der Waals surface area contributed by atoms with Gasteiger partial charge in [0.1, 0.15) is 11.7 Å². The molecule has 0 unspecified atom stereocenters. The molecule has 0 spiro atoms. The molecule has 1 N–H and O–H groups in total. The van der Waals surface area contributed by atoms with Crippen molar-refractivity contribution in [3.63, 3.8) is 0 Å². The molecule has 0 radical (unpaired) electrons. The van der Waals surface area contributed by atoms with Crippen molar-refractivity contribution in [1.82, 2.24) is 0 Å². The molecule has 0 aromatic heterocycles. The Kier molecular flexibility index (Phi) is 2.97. The second-order valence-electron chi connectivity index (χ2n) is 4.75. The molecule has 0 aliphatic carbocycles. The van der Waals surface area contributed by atoms with Gasteiger partial charge in [-0.05, 0) is 23.8 Å². The Morgan fingerprint density at radius 3 is 2.43 bits per heavy atom. The molecule has 1 heterocycles. The van der Waals surface area contributed by atoms with Gasteiger partial charge in [0.25, 0.3) is 0 Å². The number of nitrogens with one attached hydrogen (secondary N) is 1. The van der Waals surface area contributed by atoms with E-state index in [1.807, 2.05) is 6.07 Å². The first-order valence-electron chi connectivity index (χ1n) is 6.19. The molecule has 108 valence electrons. The lowest BCUT2D eigenvalue weighted by Gasteiger charge is -2.19. The zero-order valence-electron chi connectivity index (χ0n) is 10.7. The lowest BCUT2D eigenvalue weighted by atomic mass is 10.1. The third-order valence-corrected chi connectivity index (χ3v) is 3.44. The Morgan fingerprint density at radius 2 is 1.76 bits per heavy atom. The smallest absolute Gasteiger partial charge is 0.322 e. The van der Waals surface area contributed by atoms with E-state index < -0.39 is 17.6 Å². The van der Waals surface area contributed by atoms with Gasteiger partial charge in [-0.15, -0.1) is 0 Å². The molecule has 21 heavy (non-hydrogen) atoms. The van der Waals surface area contributed by atoms with Crippen LogP contribution in [0.15, 0.2) is 42.5 Å². The molecular formula is C15H10F4N2. The van der Waals surface area contributed by atoms with Gasteiger partial charge in [-0.2, -0.15) is 13.2 Å². The number of fused-ring (bicyclic) bond motifs is 1. The van der Waals surface area contributed by atoms with Crippen LogP contribution in [0.4, 0.5) is 23.2 Å². The van der Waals surface area contributed by atoms with Crippen LogP contribution in [0.1, 0.15) is 16.7 Å². The number of amidine groups is 1. The van der Waals surface area contributed by atoms with Crippen LogP contribution >= 0.6 is 0 Å². The number of halogens is 4. The molecule has 0 amide bonds. The fraction of sp³-hybridized carbons (Fsp3) is 0.133. The fourth-order valence-corrected chi connectivity index (χ4v) is 2.40. The van der Waals surface area contributed by atoms with Gasteiger partial charge in [0, 0.05) is 11.3 Å². The minimum atomic E-state index is -4.76. The first-order valence-corrected chi connectivity index (χ1v) is 6.19. The van der Waals surface area contributed by atoms with Gasteiger partial charge >= 0.3 is 6.18 Å². The molecule has 0 atom stereocenters. The van der Waals surface area contributed by atoms with E-state index in [4.69, 9.17) is 5.41 Å². The molecule has 0 fully saturated rings. The first-order chi connectivity index (χ1) is 9.88. The number of alkyl halides is 3. The Balaban J connectivity index is 2.02. The van der Waals surface area contributed by atoms with Gasteiger partial charge in [0.15, 0.2) is 0 Å². The summed E-state index contributed by atoms with van der Waals surface area (Å²) in [5, 5.41) is 8.06. The molecule has 0 saturated carbocycles. The third-order valence-electron chi connectivity index (χ3n) is 3.44. The summed E-state index contributed by atoms with van der Waals surface area (Å²) in [6, 6.07) is 9.92. The van der Waals surface area contributed by atoms with Crippen molar-refractivity contribution in [2.24, 2.45) is 0 Å². The maximum Gasteiger partial charge on any atom is 0.419 e. The third kappa shape index (κ3) is 2.26. The van der Waals surface area contributed by atoms with E-state index in [2.05, 4.69) is 0 Å². The summed E-state index contributed by atoms with van der Waals surface area (Å²) in [4.78, 5) is 1.43. The first kappa shape index (κ1) is 13.6. The van der Waals surface area contributed by atoms with E-state index in [-0.39, 0.29) is 11.5 Å². The van der Waals surface area contributed by atoms with Crippen LogP contribution in [0.2, 0.25) is 0 Å². The Hall–Kier alpha value is -2.37. The Bertz CT molecular complexity index is 722. The fourth-order valence-electron chi connectivity index (χ4n) is 2.40. The molecule has 2 nitrogen and oxygen atoms in total. The van der Waals surface area contributed by atoms with Gasteiger partial charge in [-0.1, -0.05) is 24.3 Å². The Labute approximate surface area is 118 Å². The van der Waals surface area contributed by atoms with Crippen LogP contribution in [0.25, 0.3) is 0 Å². The van der Waals surface area contributed by atoms with Crippen molar-refractivity contribution in [2.75, 3.05) is 4.90 Å². The number of anilines is 1. The second kappa shape index (κ2) is 4.58. The van der Waals surface area contributed by atoms with Crippen molar-refractivity contribution in [2.45, 2.75) is 12.7 Å². The van der Waals surface area contributed by atoms with E-state index >= 15 is 0 Å². The van der Waals surface area contributed by atoms with Gasteiger partial charge in [-0.3, -0.25) is 5.41 Å². The quantitative estimate of drug-likeness (QED) is 0.784. The van der Waals surface area contributed by atoms with E-state index in [0.717, 1.165) is 17.7 Å². The average Bonchev–Trinajstić information content (AvgIpc) is 2.76. The summed E-state index contributed by atoms with van der Waals surface area (Å²) in [5.41, 5.74) is 0.379. The second-order valence-corrected chi connectivity index (χ2v) is 4.75. The summed E-state index contributed by atoms with van der Waals surface area (Å²) in [7, 11) is 0. The van der Waals surface area contributed by atoms with Gasteiger partial charge in [0.2, 0.25) is 0 Å². The normalized spacial score (nSPS) is 14.5. The maximum absolute atomic E-state index is 13.3. The molecule has 6 heteroatoms. The topological polar surface area (TPSA) is 27.1 Å². The Morgan fingerprint density at radius 1 is 1.05 bits per heavy atom. The molecule has 2 aromatic rings. The minimum absolute atomic E-state index is 0.116. The monoisotopic (exact) mass is 294 g/mol. The number of hydrogen-bond acceptors (Lipinski definition) is 1. The van der Waals surface area contributed by atoms with Crippen molar-refractivity contribution >= 4 is 11.5 Å². The molecule has 0 bridgehead atoms. The van der Waals surface area contributed by atoms with Crippen LogP contribution in [-0.4, -0.2) is 5.84 Å². The maximum atomic E-state index is 13.3. The molecule has 2 aromatic carbocycles. The standard InChI is InChI=1S/C15H10F4N2/c16-13-6-5-10(7-12(13)15(17,18)19)21-8-9-3-1-2-4-11(9)14(21)20/h1-7,20H,8H2. The van der Waals surface area contributed by atoms with Gasteiger partial charge in [-0.25, -0.2) is 4.39 Å². The number of nitrogens with zero attached hydrogens (tertiary/aromatic N) is 1. The highest BCUT2D eigenvalue weighted by atomic mass is 19.4. The lowest BCUT2D eigenvalue weighted by Crippen LogP contribution is -2.23. The summed E-state index contributed by atoms with van der Waals surface area (Å²) in [5.74, 6) is -1.19. The molecule has 0 saturated heterocycles. The van der Waals surface area contributed by atoms with Crippen LogP contribution in [0.5, 0.6) is 0 Å². The number of hydrogen-bond donors (Lipinski definition) is 1. The van der Waals surface area contributed by atoms with Crippen LogP contribution in [0.3, 0.4) is 0 Å². The summed E-state index contributed by atoms with van der Waals surface area (Å²) < 4.78 is 51.6. The SMILES string of the molecule is N=C1c2ccccc2CN1c1ccc(F)c(C(F)(F)F)c1. The lowest BCUT2D eigenvalue weighted by molar-refractivity contribution is -0.139. The van der Waals surface area contributed by atoms with Gasteiger partial charge in [0.05, 0.1) is 12.1 Å². The average molecular weight is 294 g/mol. The van der Waals surface area contributed by atoms with Gasteiger partial charge < -0.3 is 4.90 Å². The predicted molar refractivity (Wildman–Crippen MR) is 70.9 cm³/mol. The predicted octanol–water partition coefficient (Wildman–Crippen LogP) is 4.19. The zero-order chi connectivity index (χ0) is 15.2. The highest BCUT2D eigenvalue weighted by Crippen LogP contribution is 2.36. The van der Waals surface area contributed by atoms with Crippen LogP contribution < -0.4 is 4.90 Å². The highest BCUT2D eigenvalue weighted by molar-refractivity contribution is 6.11. The summed E-state index contributed by atoms with van der Waals surface area (Å²) in [6.45, 7) is 0.304. The molecule has 1 aliphatic rings. The highest BCUT2D eigenvalue weighted by Gasteiger charge is 2.35. The molecule has 1 aliphatic heterocycles. The van der Waals surface area contributed by atoms with Crippen molar-refractivity contribution < 1.29 is 17.6 Å². The minimum Gasteiger partial charge on any atom is -0.322 e. The molecule has 3 rings (SSSR count). The van der Waals surface area contributed by atoms with Crippen LogP contribution in [-0.2, 0) is 12.7 Å². The van der Waals surface area contributed by atoms with Crippen molar-refractivity contribution in [3.8, 4) is 0 Å². The van der Waals surface area contributed by atoms with Crippen molar-refractivity contribution in [3.05, 3.63) is 65.0 Å². The van der Waals surface area contributed by atoms with E-state index in [1.54, 1.807) is 18.2 Å². The van der Waals surface area contributed by atoms with Crippen molar-refractivity contribution in [1.29, 1.82) is 5.41 Å². The largest absolute Gasteiger partial charge is 0.419 e. The van der Waals surface area contributed by atoms with Crippen LogP contribution in [0, 0.1) is 11.2 Å². The van der Waals surface area contributed by atoms with E-state index in [1.165, 1.54) is 11.0 Å². The number of rotatable bonds is 1. The number of benzene rings is 2. The van der Waals surface area contributed by atoms with E-state index in [9.17, 15) is 17.6 Å². The van der Waals surface area contributed by atoms with E-state index in [0.29, 0.717) is 12.1 Å². The molecular weight excluding hydrogens is 284 g/mol. The summed E-state index contributed by atoms with van der Waals surface area (Å²) in [6.07, 6.45) is -4.76.